The quantitative estimate of drug-likeness (QED) is 0.189. The largest absolute Gasteiger partial charge is 1.00 e. The van der Waals surface area contributed by atoms with Gasteiger partial charge in [-0.15, -0.1) is 5.11 Å². The van der Waals surface area contributed by atoms with E-state index in [0.29, 0.717) is 33.7 Å². The van der Waals surface area contributed by atoms with Gasteiger partial charge in [0.2, 0.25) is 0 Å². The van der Waals surface area contributed by atoms with Crippen molar-refractivity contribution in [3.05, 3.63) is 81.8 Å². The Morgan fingerprint density at radius 2 is 1.74 bits per heavy atom. The predicted octanol–water partition coefficient (Wildman–Crippen LogP) is 3.85. The normalized spacial score (nSPS) is 11.4. The van der Waals surface area contributed by atoms with Gasteiger partial charge in [-0.05, 0) is 61.2 Å². The number of ether oxygens (including phenoxy) is 1. The minimum Gasteiger partial charge on any atom is -0.870 e. The Bertz CT molecular complexity index is 1710. The number of azo groups is 1. The number of anilines is 1. The van der Waals surface area contributed by atoms with Crippen molar-refractivity contribution in [3.63, 3.8) is 0 Å². The average Bonchev–Trinajstić information content (AvgIpc) is 2.85. The van der Waals surface area contributed by atoms with Crippen LogP contribution in [0.15, 0.2) is 75.8 Å². The van der Waals surface area contributed by atoms with E-state index in [0.717, 1.165) is 0 Å². The molecule has 0 unspecified atom stereocenters. The Morgan fingerprint density at radius 3 is 2.44 bits per heavy atom. The number of nitrogens with one attached hydrogen (secondary N) is 1. The molecule has 4 rings (SSSR count). The molecule has 0 aliphatic carbocycles. The van der Waals surface area contributed by atoms with Crippen molar-refractivity contribution in [2.24, 2.45) is 10.2 Å². The van der Waals surface area contributed by atoms with Crippen LogP contribution in [0.3, 0.4) is 0 Å². The first-order chi connectivity index (χ1) is 18.0. The number of carbonyl (C=O) groups is 1. The molecule has 0 bridgehead atoms. The summed E-state index contributed by atoms with van der Waals surface area (Å²) in [5.41, 5.74) is -0.0854. The number of benzene rings is 4. The molecule has 0 spiro atoms. The van der Waals surface area contributed by atoms with Gasteiger partial charge in [-0.1, -0.05) is 53.2 Å². The molecule has 0 heterocycles. The minimum absolute atomic E-state index is 0. The standard InChI is InChI=1S/C26H21Cl2N3O6S.Na/c1-3-37-21-9-8-16(27)13-20(21)29-26(33)18-12-15-6-4-5-7-17(15)23(25(18)32)30-31-24-19(28)10-14(2)11-22(24)38(34,35)36;/h4-13,32H,3H2,1-2H3,(H,29,33)(H,34,35,36);/q;+1/p-1. The molecule has 4 aromatic carbocycles. The van der Waals surface area contributed by atoms with Gasteiger partial charge >= 0.3 is 29.6 Å². The molecule has 9 nitrogen and oxygen atoms in total. The van der Waals surface area contributed by atoms with Crippen molar-refractivity contribution in [1.82, 2.24) is 0 Å². The van der Waals surface area contributed by atoms with Crippen LogP contribution in [0.5, 0.6) is 11.5 Å². The first-order valence-corrected chi connectivity index (χ1v) is 13.3. The average molecular weight is 596 g/mol. The molecule has 0 aromatic heterocycles. The van der Waals surface area contributed by atoms with E-state index in [1.807, 2.05) is 0 Å². The van der Waals surface area contributed by atoms with Crippen LogP contribution < -0.4 is 44.7 Å². The fourth-order valence-corrected chi connectivity index (χ4v) is 5.01. The number of fused-ring (bicyclic) bond motifs is 1. The maximum absolute atomic E-state index is 13.5. The van der Waals surface area contributed by atoms with E-state index in [1.54, 1.807) is 50.2 Å². The third-order valence-electron chi connectivity index (χ3n) is 5.41. The van der Waals surface area contributed by atoms with Gasteiger partial charge in [0.15, 0.2) is 0 Å². The molecule has 2 N–H and O–H groups in total. The summed E-state index contributed by atoms with van der Waals surface area (Å²) in [5.74, 6) is -1.14. The Kier molecular flexibility index (Phi) is 10.0. The molecule has 0 aliphatic rings. The molecule has 0 saturated heterocycles. The van der Waals surface area contributed by atoms with Gasteiger partial charge < -0.3 is 15.2 Å². The number of rotatable bonds is 7. The zero-order valence-corrected chi connectivity index (χ0v) is 25.4. The smallest absolute Gasteiger partial charge is 0.870 e. The second-order valence-corrected chi connectivity index (χ2v) is 10.4. The Hall–Kier alpha value is -2.70. The Balaban J connectivity index is 0.00000420. The molecular weight excluding hydrogens is 576 g/mol. The minimum atomic E-state index is -4.71. The summed E-state index contributed by atoms with van der Waals surface area (Å²) >= 11 is 12.3. The molecule has 39 heavy (non-hydrogen) atoms. The zero-order chi connectivity index (χ0) is 27.6. The number of carbonyl (C=O) groups excluding carboxylic acids is 1. The monoisotopic (exact) mass is 595 g/mol. The molecule has 0 aliphatic heterocycles. The summed E-state index contributed by atoms with van der Waals surface area (Å²) in [7, 11) is -4.71. The van der Waals surface area contributed by atoms with Gasteiger partial charge in [-0.25, -0.2) is 0 Å². The van der Waals surface area contributed by atoms with E-state index in [2.05, 4.69) is 15.5 Å². The van der Waals surface area contributed by atoms with E-state index in [1.165, 1.54) is 24.3 Å². The molecule has 0 radical (unpaired) electrons. The van der Waals surface area contributed by atoms with Crippen molar-refractivity contribution in [3.8, 4) is 11.5 Å². The molecule has 13 heteroatoms. The van der Waals surface area contributed by atoms with E-state index in [9.17, 15) is 22.9 Å². The van der Waals surface area contributed by atoms with E-state index in [-0.39, 0.29) is 57.2 Å². The molecule has 0 saturated carbocycles. The van der Waals surface area contributed by atoms with E-state index >= 15 is 0 Å². The second kappa shape index (κ2) is 12.6. The van der Waals surface area contributed by atoms with Crippen LogP contribution in [0.1, 0.15) is 22.8 Å². The number of halogens is 2. The summed E-state index contributed by atoms with van der Waals surface area (Å²) in [4.78, 5) is 12.7. The van der Waals surface area contributed by atoms with Crippen molar-refractivity contribution in [2.45, 2.75) is 18.7 Å². The molecule has 0 fully saturated rings. The number of hydrogen-bond donors (Lipinski definition) is 2. The topological polar surface area (TPSA) is 140 Å². The van der Waals surface area contributed by atoms with E-state index in [4.69, 9.17) is 27.9 Å². The van der Waals surface area contributed by atoms with Crippen molar-refractivity contribution >= 4 is 67.1 Å². The van der Waals surface area contributed by atoms with Crippen LogP contribution in [0, 0.1) is 6.92 Å². The molecule has 1 amide bonds. The summed E-state index contributed by atoms with van der Waals surface area (Å²) in [5, 5.41) is 25.2. The third-order valence-corrected chi connectivity index (χ3v) is 6.80. The van der Waals surface area contributed by atoms with Crippen molar-refractivity contribution in [1.29, 1.82) is 0 Å². The zero-order valence-electron chi connectivity index (χ0n) is 21.0. The fraction of sp³-hybridized carbons (Fsp3) is 0.115. The first kappa shape index (κ1) is 30.8. The van der Waals surface area contributed by atoms with Gasteiger partial charge in [-0.2, -0.15) is 13.5 Å². The van der Waals surface area contributed by atoms with Crippen LogP contribution in [-0.2, 0) is 10.1 Å². The van der Waals surface area contributed by atoms with Crippen LogP contribution in [-0.4, -0.2) is 25.5 Å². The molecule has 0 atom stereocenters. The predicted molar refractivity (Wildman–Crippen MR) is 144 cm³/mol. The third kappa shape index (κ3) is 6.90. The van der Waals surface area contributed by atoms with Crippen molar-refractivity contribution in [2.75, 3.05) is 11.9 Å². The van der Waals surface area contributed by atoms with Crippen LogP contribution in [0.25, 0.3) is 10.8 Å². The van der Waals surface area contributed by atoms with Gasteiger partial charge in [0.25, 0.3) is 16.0 Å². The SMILES string of the molecule is CCOc1ccc(Cl)cc1NC(=O)c1cc2ccccc2c(N=Nc2c(Cl)cc(C)cc2S(=O)(=O)O)c1[O-].[Na+]. The van der Waals surface area contributed by atoms with E-state index < -0.39 is 26.7 Å². The van der Waals surface area contributed by atoms with Crippen LogP contribution >= 0.6 is 23.2 Å². The molecule has 196 valence electrons. The van der Waals surface area contributed by atoms with Gasteiger partial charge in [0, 0.05) is 16.0 Å². The Morgan fingerprint density at radius 1 is 1.05 bits per heavy atom. The Labute approximate surface area is 256 Å². The van der Waals surface area contributed by atoms with Gasteiger partial charge in [0.1, 0.15) is 16.3 Å². The van der Waals surface area contributed by atoms with Gasteiger partial charge in [-0.3, -0.25) is 9.35 Å². The summed E-state index contributed by atoms with van der Waals surface area (Å²) < 4.78 is 39.0. The van der Waals surface area contributed by atoms with Crippen molar-refractivity contribution < 1.29 is 57.2 Å². The van der Waals surface area contributed by atoms with Gasteiger partial charge in [0.05, 0.1) is 23.0 Å². The number of aryl methyl sites for hydroxylation is 1. The number of amides is 1. The maximum atomic E-state index is 13.5. The van der Waals surface area contributed by atoms with Crippen LogP contribution in [0.2, 0.25) is 10.0 Å². The van der Waals surface area contributed by atoms with Crippen LogP contribution in [0.4, 0.5) is 17.1 Å². The maximum Gasteiger partial charge on any atom is 1.00 e. The summed E-state index contributed by atoms with van der Waals surface area (Å²) in [6.45, 7) is 3.71. The first-order valence-electron chi connectivity index (χ1n) is 11.2. The second-order valence-electron chi connectivity index (χ2n) is 8.12. The summed E-state index contributed by atoms with van der Waals surface area (Å²) in [6, 6.07) is 15.4. The fourth-order valence-electron chi connectivity index (χ4n) is 3.74. The number of nitrogens with zero attached hydrogens (tertiary/aromatic N) is 2. The molecular formula is C26H20Cl2N3NaO6S. The molecule has 4 aromatic rings. The summed E-state index contributed by atoms with van der Waals surface area (Å²) in [6.07, 6.45) is 0. The number of hydrogen-bond acceptors (Lipinski definition) is 7.